The average molecular weight is 180 g/mol. The van der Waals surface area contributed by atoms with E-state index in [1.54, 1.807) is 0 Å². The number of allylic oxidation sites excluding steroid dienone is 3. The Labute approximate surface area is 81.4 Å². The van der Waals surface area contributed by atoms with Crippen LogP contribution in [0.4, 0.5) is 0 Å². The van der Waals surface area contributed by atoms with E-state index in [2.05, 4.69) is 36.3 Å². The standard InChI is InChI=1S/C11H20N2/c1-10(6-5-9-12-3)7-8-11(2)13-4/h5,7-10,12-13H,2,6H2,1,3-4H3/b8-7-,9-5-. The van der Waals surface area contributed by atoms with E-state index in [4.69, 9.17) is 0 Å². The van der Waals surface area contributed by atoms with Crippen molar-refractivity contribution in [3.63, 3.8) is 0 Å². The maximum Gasteiger partial charge on any atom is 0.0261 e. The fraction of sp³-hybridized carbons (Fsp3) is 0.455. The van der Waals surface area contributed by atoms with Crippen molar-refractivity contribution in [1.29, 1.82) is 0 Å². The molecule has 0 saturated heterocycles. The van der Waals surface area contributed by atoms with E-state index < -0.39 is 0 Å². The molecule has 0 spiro atoms. The van der Waals surface area contributed by atoms with Gasteiger partial charge < -0.3 is 10.6 Å². The highest BCUT2D eigenvalue weighted by Crippen LogP contribution is 2.05. The molecule has 0 bridgehead atoms. The van der Waals surface area contributed by atoms with Crippen LogP contribution in [0.5, 0.6) is 0 Å². The Morgan fingerprint density at radius 2 is 2.15 bits per heavy atom. The van der Waals surface area contributed by atoms with Crippen LogP contribution in [0.3, 0.4) is 0 Å². The van der Waals surface area contributed by atoms with Crippen LogP contribution in [0.15, 0.2) is 36.7 Å². The number of nitrogens with one attached hydrogen (secondary N) is 2. The lowest BCUT2D eigenvalue weighted by molar-refractivity contribution is 0.739. The van der Waals surface area contributed by atoms with Gasteiger partial charge >= 0.3 is 0 Å². The summed E-state index contributed by atoms with van der Waals surface area (Å²) in [7, 11) is 3.78. The van der Waals surface area contributed by atoms with E-state index in [9.17, 15) is 0 Å². The van der Waals surface area contributed by atoms with Crippen LogP contribution < -0.4 is 10.6 Å². The van der Waals surface area contributed by atoms with E-state index >= 15 is 0 Å². The first kappa shape index (κ1) is 11.8. The van der Waals surface area contributed by atoms with Crippen LogP contribution in [0.25, 0.3) is 0 Å². The summed E-state index contributed by atoms with van der Waals surface area (Å²) in [6.07, 6.45) is 9.29. The highest BCUT2D eigenvalue weighted by molar-refractivity contribution is 5.12. The maximum absolute atomic E-state index is 3.81. The van der Waals surface area contributed by atoms with Crippen molar-refractivity contribution in [2.45, 2.75) is 13.3 Å². The molecule has 0 aromatic carbocycles. The summed E-state index contributed by atoms with van der Waals surface area (Å²) in [4.78, 5) is 0. The van der Waals surface area contributed by atoms with E-state index in [-0.39, 0.29) is 0 Å². The molecular formula is C11H20N2. The molecule has 0 rings (SSSR count). The third-order valence-electron chi connectivity index (χ3n) is 1.74. The fourth-order valence-corrected chi connectivity index (χ4v) is 0.843. The van der Waals surface area contributed by atoms with E-state index in [0.717, 1.165) is 12.1 Å². The highest BCUT2D eigenvalue weighted by atomic mass is 14.8. The van der Waals surface area contributed by atoms with E-state index in [1.165, 1.54) is 0 Å². The number of hydrogen-bond acceptors (Lipinski definition) is 2. The SMILES string of the molecule is C=C(/C=C\C(C)C/C=C\NC)NC. The minimum absolute atomic E-state index is 0.551. The van der Waals surface area contributed by atoms with Crippen molar-refractivity contribution in [2.75, 3.05) is 14.1 Å². The molecule has 1 unspecified atom stereocenters. The Balaban J connectivity index is 3.73. The Bertz CT molecular complexity index is 192. The minimum Gasteiger partial charge on any atom is -0.394 e. The molecule has 0 aromatic rings. The van der Waals surface area contributed by atoms with Crippen LogP contribution in [0.2, 0.25) is 0 Å². The lowest BCUT2D eigenvalue weighted by Crippen LogP contribution is -2.01. The summed E-state index contributed by atoms with van der Waals surface area (Å²) in [5.74, 6) is 0.551. The van der Waals surface area contributed by atoms with E-state index in [0.29, 0.717) is 5.92 Å². The third-order valence-corrected chi connectivity index (χ3v) is 1.74. The number of rotatable bonds is 6. The second kappa shape index (κ2) is 7.47. The predicted molar refractivity (Wildman–Crippen MR) is 59.3 cm³/mol. The van der Waals surface area contributed by atoms with E-state index in [1.807, 2.05) is 26.4 Å². The quantitative estimate of drug-likeness (QED) is 0.611. The Morgan fingerprint density at radius 3 is 2.69 bits per heavy atom. The zero-order valence-corrected chi connectivity index (χ0v) is 8.80. The lowest BCUT2D eigenvalue weighted by atomic mass is 10.1. The molecular weight excluding hydrogens is 160 g/mol. The molecule has 0 saturated carbocycles. The molecule has 2 heteroatoms. The van der Waals surface area contributed by atoms with Gasteiger partial charge in [0.15, 0.2) is 0 Å². The monoisotopic (exact) mass is 180 g/mol. The van der Waals surface area contributed by atoms with Gasteiger partial charge in [-0.15, -0.1) is 0 Å². The van der Waals surface area contributed by atoms with Crippen molar-refractivity contribution >= 4 is 0 Å². The second-order valence-corrected chi connectivity index (χ2v) is 3.04. The summed E-state index contributed by atoms with van der Waals surface area (Å²) in [6, 6.07) is 0. The van der Waals surface area contributed by atoms with Crippen LogP contribution in [0, 0.1) is 5.92 Å². The van der Waals surface area contributed by atoms with Gasteiger partial charge in [0, 0.05) is 19.8 Å². The van der Waals surface area contributed by atoms with Gasteiger partial charge in [0.25, 0.3) is 0 Å². The predicted octanol–water partition coefficient (Wildman–Crippen LogP) is 2.03. The molecule has 0 fully saturated rings. The molecule has 0 aromatic heterocycles. The van der Waals surface area contributed by atoms with Gasteiger partial charge in [0.2, 0.25) is 0 Å². The lowest BCUT2D eigenvalue weighted by Gasteiger charge is -2.02. The summed E-state index contributed by atoms with van der Waals surface area (Å²) >= 11 is 0. The van der Waals surface area contributed by atoms with Crippen molar-refractivity contribution < 1.29 is 0 Å². The van der Waals surface area contributed by atoms with Crippen molar-refractivity contribution in [2.24, 2.45) is 5.92 Å². The zero-order chi connectivity index (χ0) is 10.1. The summed E-state index contributed by atoms with van der Waals surface area (Å²) in [5.41, 5.74) is 0.949. The number of hydrogen-bond donors (Lipinski definition) is 2. The smallest absolute Gasteiger partial charge is 0.0261 e. The molecule has 2 N–H and O–H groups in total. The van der Waals surface area contributed by atoms with Gasteiger partial charge in [-0.3, -0.25) is 0 Å². The first-order valence-corrected chi connectivity index (χ1v) is 4.57. The maximum atomic E-state index is 3.81. The third kappa shape index (κ3) is 7.19. The van der Waals surface area contributed by atoms with Crippen LogP contribution in [-0.4, -0.2) is 14.1 Å². The summed E-state index contributed by atoms with van der Waals surface area (Å²) in [6.45, 7) is 5.99. The molecule has 0 heterocycles. The zero-order valence-electron chi connectivity index (χ0n) is 8.80. The van der Waals surface area contributed by atoms with Crippen molar-refractivity contribution in [3.8, 4) is 0 Å². The first-order chi connectivity index (χ1) is 6.20. The average Bonchev–Trinajstić information content (AvgIpc) is 2.14. The molecule has 13 heavy (non-hydrogen) atoms. The van der Waals surface area contributed by atoms with Gasteiger partial charge in [0.1, 0.15) is 0 Å². The molecule has 0 amide bonds. The van der Waals surface area contributed by atoms with Gasteiger partial charge in [-0.05, 0) is 24.6 Å². The Kier molecular flexibility index (Phi) is 6.79. The van der Waals surface area contributed by atoms with Crippen LogP contribution in [0.1, 0.15) is 13.3 Å². The van der Waals surface area contributed by atoms with Crippen molar-refractivity contribution in [1.82, 2.24) is 10.6 Å². The largest absolute Gasteiger partial charge is 0.394 e. The molecule has 0 radical (unpaired) electrons. The molecule has 74 valence electrons. The van der Waals surface area contributed by atoms with Crippen LogP contribution in [-0.2, 0) is 0 Å². The summed E-state index contributed by atoms with van der Waals surface area (Å²) < 4.78 is 0. The van der Waals surface area contributed by atoms with Gasteiger partial charge in [0.05, 0.1) is 0 Å². The fourth-order valence-electron chi connectivity index (χ4n) is 0.843. The molecule has 0 aliphatic carbocycles. The Hall–Kier alpha value is -1.18. The second-order valence-electron chi connectivity index (χ2n) is 3.04. The Morgan fingerprint density at radius 1 is 1.46 bits per heavy atom. The highest BCUT2D eigenvalue weighted by Gasteiger charge is 1.92. The van der Waals surface area contributed by atoms with Gasteiger partial charge in [-0.25, -0.2) is 0 Å². The van der Waals surface area contributed by atoms with Crippen molar-refractivity contribution in [3.05, 3.63) is 36.7 Å². The van der Waals surface area contributed by atoms with Gasteiger partial charge in [-0.2, -0.15) is 0 Å². The molecule has 2 nitrogen and oxygen atoms in total. The minimum atomic E-state index is 0.551. The summed E-state index contributed by atoms with van der Waals surface area (Å²) in [5, 5.41) is 5.94. The number of likely N-dealkylation sites (N-methyl/N-ethyl adjacent to an activating group) is 1. The van der Waals surface area contributed by atoms with Gasteiger partial charge in [-0.1, -0.05) is 25.7 Å². The molecule has 1 atom stereocenters. The molecule has 0 aliphatic rings. The van der Waals surface area contributed by atoms with Crippen LogP contribution >= 0.6 is 0 Å². The first-order valence-electron chi connectivity index (χ1n) is 4.57. The normalized spacial score (nSPS) is 13.5. The topological polar surface area (TPSA) is 24.1 Å². The molecule has 0 aliphatic heterocycles.